The zero-order valence-electron chi connectivity index (χ0n) is 14.0. The van der Waals surface area contributed by atoms with Crippen molar-refractivity contribution in [3.05, 3.63) is 71.3 Å². The third kappa shape index (κ3) is 4.59. The van der Waals surface area contributed by atoms with Gasteiger partial charge in [0.05, 0.1) is 10.5 Å². The molecule has 138 valence electrons. The first-order valence-electron chi connectivity index (χ1n) is 7.44. The first kappa shape index (κ1) is 19.9. The molecule has 2 aromatic rings. The molecular formula is C18H16F3NO3S. The minimum absolute atomic E-state index is 0.0173. The molecule has 0 heterocycles. The zero-order chi connectivity index (χ0) is 19.5. The lowest BCUT2D eigenvalue weighted by Crippen LogP contribution is -2.22. The topological polar surface area (TPSA) is 54.5 Å². The maximum atomic E-state index is 12.5. The molecule has 4 nitrogen and oxygen atoms in total. The van der Waals surface area contributed by atoms with Gasteiger partial charge in [0.15, 0.2) is 5.78 Å². The van der Waals surface area contributed by atoms with E-state index in [9.17, 15) is 26.4 Å². The highest BCUT2D eigenvalue weighted by Crippen LogP contribution is 2.29. The smallest absolute Gasteiger partial charge is 0.289 e. The third-order valence-corrected chi connectivity index (χ3v) is 5.37. The van der Waals surface area contributed by atoms with E-state index in [1.165, 1.54) is 62.6 Å². The number of hydrogen-bond donors (Lipinski definition) is 0. The van der Waals surface area contributed by atoms with Gasteiger partial charge in [0.2, 0.25) is 10.0 Å². The molecule has 0 amide bonds. The summed E-state index contributed by atoms with van der Waals surface area (Å²) < 4.78 is 62.8. The Hall–Kier alpha value is -2.45. The zero-order valence-corrected chi connectivity index (χ0v) is 14.8. The summed E-state index contributed by atoms with van der Waals surface area (Å²) in [6.07, 6.45) is -1.87. The molecule has 0 atom stereocenters. The van der Waals surface area contributed by atoms with E-state index in [2.05, 4.69) is 0 Å². The third-order valence-electron chi connectivity index (χ3n) is 3.56. The Morgan fingerprint density at radius 1 is 1.04 bits per heavy atom. The summed E-state index contributed by atoms with van der Waals surface area (Å²) in [5, 5.41) is 0. The van der Waals surface area contributed by atoms with E-state index < -0.39 is 27.5 Å². The Bertz CT molecular complexity index is 931. The van der Waals surface area contributed by atoms with Crippen LogP contribution in [-0.2, 0) is 16.2 Å². The Morgan fingerprint density at radius 3 is 2.19 bits per heavy atom. The number of carbonyl (C=O) groups excluding carboxylic acids is 1. The molecule has 0 spiro atoms. The SMILES string of the molecule is CN(C)S(=O)(=O)c1cccc(C(=O)/C=C/c2ccc(C(F)(F)F)cc2)c1. The van der Waals surface area contributed by atoms with Crippen molar-refractivity contribution in [3.63, 3.8) is 0 Å². The Balaban J connectivity index is 2.21. The summed E-state index contributed by atoms with van der Waals surface area (Å²) >= 11 is 0. The van der Waals surface area contributed by atoms with Gasteiger partial charge in [-0.3, -0.25) is 4.79 Å². The number of halogens is 3. The van der Waals surface area contributed by atoms with Gasteiger partial charge in [-0.15, -0.1) is 0 Å². The molecule has 0 aliphatic carbocycles. The normalized spacial score (nSPS) is 12.7. The van der Waals surface area contributed by atoms with Crippen LogP contribution in [0, 0.1) is 0 Å². The van der Waals surface area contributed by atoms with E-state index in [0.29, 0.717) is 5.56 Å². The van der Waals surface area contributed by atoms with Gasteiger partial charge in [-0.25, -0.2) is 12.7 Å². The highest BCUT2D eigenvalue weighted by atomic mass is 32.2. The number of hydrogen-bond acceptors (Lipinski definition) is 3. The average Bonchev–Trinajstić information content (AvgIpc) is 2.59. The van der Waals surface area contributed by atoms with Crippen LogP contribution in [0.25, 0.3) is 6.08 Å². The number of rotatable bonds is 5. The number of benzene rings is 2. The summed E-state index contributed by atoms with van der Waals surface area (Å²) in [6.45, 7) is 0. The van der Waals surface area contributed by atoms with Gasteiger partial charge in [-0.1, -0.05) is 30.3 Å². The molecule has 0 bridgehead atoms. The largest absolute Gasteiger partial charge is 0.416 e. The van der Waals surface area contributed by atoms with Crippen molar-refractivity contribution in [2.24, 2.45) is 0 Å². The summed E-state index contributed by atoms with van der Waals surface area (Å²) in [7, 11) is -0.902. The summed E-state index contributed by atoms with van der Waals surface area (Å²) in [5.74, 6) is -0.458. The summed E-state index contributed by atoms with van der Waals surface area (Å²) in [4.78, 5) is 12.2. The van der Waals surface area contributed by atoms with Crippen molar-refractivity contribution >= 4 is 21.9 Å². The van der Waals surface area contributed by atoms with Crippen molar-refractivity contribution in [3.8, 4) is 0 Å². The summed E-state index contributed by atoms with van der Waals surface area (Å²) in [6, 6.07) is 9.91. The molecule has 0 fully saturated rings. The molecule has 0 N–H and O–H groups in total. The molecule has 8 heteroatoms. The molecule has 0 aromatic heterocycles. The van der Waals surface area contributed by atoms with Crippen LogP contribution in [0.15, 0.2) is 59.5 Å². The monoisotopic (exact) mass is 383 g/mol. The first-order chi connectivity index (χ1) is 12.0. The van der Waals surface area contributed by atoms with Crippen LogP contribution in [0.4, 0.5) is 13.2 Å². The lowest BCUT2D eigenvalue weighted by Gasteiger charge is -2.11. The van der Waals surface area contributed by atoms with E-state index in [4.69, 9.17) is 0 Å². The number of ketones is 1. The van der Waals surface area contributed by atoms with E-state index in [-0.39, 0.29) is 10.5 Å². The standard InChI is InChI=1S/C18H16F3NO3S/c1-22(2)26(24,25)16-5-3-4-14(12-16)17(23)11-8-13-6-9-15(10-7-13)18(19,20)21/h3-12H,1-2H3/b11-8+. The van der Waals surface area contributed by atoms with Crippen molar-refractivity contribution in [1.82, 2.24) is 4.31 Å². The lowest BCUT2D eigenvalue weighted by atomic mass is 10.1. The highest BCUT2D eigenvalue weighted by molar-refractivity contribution is 7.89. The Labute approximate surface area is 149 Å². The van der Waals surface area contributed by atoms with Crippen LogP contribution in [0.2, 0.25) is 0 Å². The number of alkyl halides is 3. The highest BCUT2D eigenvalue weighted by Gasteiger charge is 2.29. The average molecular weight is 383 g/mol. The second-order valence-electron chi connectivity index (χ2n) is 5.63. The molecule has 0 aliphatic rings. The van der Waals surface area contributed by atoms with Crippen LogP contribution < -0.4 is 0 Å². The molecule has 0 radical (unpaired) electrons. The van der Waals surface area contributed by atoms with E-state index in [0.717, 1.165) is 16.4 Å². The maximum Gasteiger partial charge on any atom is 0.416 e. The van der Waals surface area contributed by atoms with Gasteiger partial charge in [0, 0.05) is 19.7 Å². The van der Waals surface area contributed by atoms with Crippen LogP contribution >= 0.6 is 0 Å². The van der Waals surface area contributed by atoms with Crippen LogP contribution in [0.1, 0.15) is 21.5 Å². The maximum absolute atomic E-state index is 12.5. The van der Waals surface area contributed by atoms with Crippen molar-refractivity contribution in [1.29, 1.82) is 0 Å². The van der Waals surface area contributed by atoms with Crippen LogP contribution in [0.3, 0.4) is 0 Å². The minimum atomic E-state index is -4.42. The Kier molecular flexibility index (Phi) is 5.68. The predicted octanol–water partition coefficient (Wildman–Crippen LogP) is 3.85. The molecule has 0 saturated carbocycles. The van der Waals surface area contributed by atoms with Crippen molar-refractivity contribution in [2.45, 2.75) is 11.1 Å². The van der Waals surface area contributed by atoms with E-state index in [1.807, 2.05) is 0 Å². The van der Waals surface area contributed by atoms with Crippen LogP contribution in [0.5, 0.6) is 0 Å². The predicted molar refractivity (Wildman–Crippen MR) is 92.1 cm³/mol. The quantitative estimate of drug-likeness (QED) is 0.582. The fourth-order valence-corrected chi connectivity index (χ4v) is 3.02. The molecule has 0 saturated heterocycles. The number of allylic oxidation sites excluding steroid dienone is 1. The second-order valence-corrected chi connectivity index (χ2v) is 7.78. The van der Waals surface area contributed by atoms with Gasteiger partial charge in [0.1, 0.15) is 0 Å². The number of carbonyl (C=O) groups is 1. The molecule has 26 heavy (non-hydrogen) atoms. The Morgan fingerprint density at radius 2 is 1.65 bits per heavy atom. The van der Waals surface area contributed by atoms with E-state index >= 15 is 0 Å². The fraction of sp³-hybridized carbons (Fsp3) is 0.167. The lowest BCUT2D eigenvalue weighted by molar-refractivity contribution is -0.137. The van der Waals surface area contributed by atoms with Gasteiger partial charge in [-0.2, -0.15) is 13.2 Å². The van der Waals surface area contributed by atoms with Gasteiger partial charge in [-0.05, 0) is 35.9 Å². The number of nitrogens with zero attached hydrogens (tertiary/aromatic N) is 1. The van der Waals surface area contributed by atoms with E-state index in [1.54, 1.807) is 0 Å². The van der Waals surface area contributed by atoms with Crippen molar-refractivity contribution < 1.29 is 26.4 Å². The molecular weight excluding hydrogens is 367 g/mol. The molecule has 0 aliphatic heterocycles. The fourth-order valence-electron chi connectivity index (χ4n) is 2.07. The van der Waals surface area contributed by atoms with Gasteiger partial charge < -0.3 is 0 Å². The first-order valence-corrected chi connectivity index (χ1v) is 8.88. The molecule has 2 rings (SSSR count). The molecule has 0 unspecified atom stereocenters. The number of sulfonamides is 1. The molecule has 2 aromatic carbocycles. The van der Waals surface area contributed by atoms with Gasteiger partial charge >= 0.3 is 6.18 Å². The summed E-state index contributed by atoms with van der Waals surface area (Å²) in [5.41, 5.74) is -0.193. The van der Waals surface area contributed by atoms with Crippen molar-refractivity contribution in [2.75, 3.05) is 14.1 Å². The minimum Gasteiger partial charge on any atom is -0.289 e. The second kappa shape index (κ2) is 7.43. The van der Waals surface area contributed by atoms with Crippen LogP contribution in [-0.4, -0.2) is 32.6 Å². The van der Waals surface area contributed by atoms with Gasteiger partial charge in [0.25, 0.3) is 0 Å².